The molecule has 0 aliphatic rings. The van der Waals surface area contributed by atoms with Crippen molar-refractivity contribution < 1.29 is 14.3 Å². The van der Waals surface area contributed by atoms with Crippen LogP contribution in [-0.4, -0.2) is 25.0 Å². The van der Waals surface area contributed by atoms with Gasteiger partial charge in [-0.3, -0.25) is 9.59 Å². The Morgan fingerprint density at radius 1 is 1.56 bits per heavy atom. The lowest BCUT2D eigenvalue weighted by atomic mass is 10.3. The van der Waals surface area contributed by atoms with Crippen LogP contribution in [0, 0.1) is 0 Å². The molecule has 0 saturated carbocycles. The summed E-state index contributed by atoms with van der Waals surface area (Å²) < 4.78 is 5.64. The van der Waals surface area contributed by atoms with Gasteiger partial charge in [-0.25, -0.2) is 0 Å². The number of hydrogen-bond donors (Lipinski definition) is 1. The molecule has 0 aliphatic heterocycles. The molecule has 0 aromatic carbocycles. The number of hydrogen-bond acceptors (Lipinski definition) is 4. The van der Waals surface area contributed by atoms with Gasteiger partial charge >= 0.3 is 5.97 Å². The number of carbonyl (C=O) groups excluding carboxylic acids is 2. The maximum atomic E-state index is 11.5. The molecule has 4 nitrogen and oxygen atoms in total. The maximum absolute atomic E-state index is 11.5. The molecule has 6 heteroatoms. The molecule has 1 N–H and O–H groups in total. The van der Waals surface area contributed by atoms with Crippen molar-refractivity contribution in [1.82, 2.24) is 5.32 Å². The van der Waals surface area contributed by atoms with Crippen LogP contribution in [0.5, 0.6) is 0 Å². The van der Waals surface area contributed by atoms with E-state index in [9.17, 15) is 9.59 Å². The SMILES string of the molecule is CCOC(=O)CCNC(=O)c1csc(Br)c1. The monoisotopic (exact) mass is 305 g/mol. The first-order chi connectivity index (χ1) is 7.63. The Morgan fingerprint density at radius 2 is 2.31 bits per heavy atom. The van der Waals surface area contributed by atoms with E-state index in [0.29, 0.717) is 18.7 Å². The van der Waals surface area contributed by atoms with Crippen LogP contribution >= 0.6 is 27.3 Å². The fraction of sp³-hybridized carbons (Fsp3) is 0.400. The molecule has 1 aromatic rings. The normalized spacial score (nSPS) is 9.88. The molecule has 0 bridgehead atoms. The van der Waals surface area contributed by atoms with E-state index >= 15 is 0 Å². The summed E-state index contributed by atoms with van der Waals surface area (Å²) in [6, 6.07) is 1.74. The number of nitrogens with one attached hydrogen (secondary N) is 1. The number of rotatable bonds is 5. The van der Waals surface area contributed by atoms with Crippen molar-refractivity contribution in [3.63, 3.8) is 0 Å². The van der Waals surface area contributed by atoms with E-state index in [2.05, 4.69) is 21.2 Å². The Kier molecular flexibility index (Phi) is 5.48. The van der Waals surface area contributed by atoms with Crippen molar-refractivity contribution in [3.8, 4) is 0 Å². The maximum Gasteiger partial charge on any atom is 0.307 e. The van der Waals surface area contributed by atoms with Crippen LogP contribution < -0.4 is 5.32 Å². The lowest BCUT2D eigenvalue weighted by Crippen LogP contribution is -2.26. The van der Waals surface area contributed by atoms with Crippen molar-refractivity contribution in [2.45, 2.75) is 13.3 Å². The highest BCUT2D eigenvalue weighted by molar-refractivity contribution is 9.11. The Labute approximate surface area is 106 Å². The third kappa shape index (κ3) is 4.32. The standard InChI is InChI=1S/C10H12BrNO3S/c1-2-15-9(13)3-4-12-10(14)7-5-8(11)16-6-7/h5-6H,2-4H2,1H3,(H,12,14). The lowest BCUT2D eigenvalue weighted by Gasteiger charge is -2.03. The number of halogens is 1. The van der Waals surface area contributed by atoms with Gasteiger partial charge in [0.1, 0.15) is 0 Å². The summed E-state index contributed by atoms with van der Waals surface area (Å²) in [7, 11) is 0. The van der Waals surface area contributed by atoms with E-state index in [0.717, 1.165) is 3.79 Å². The predicted octanol–water partition coefficient (Wildman–Crippen LogP) is 2.19. The largest absolute Gasteiger partial charge is 0.466 e. The average molecular weight is 306 g/mol. The molecule has 88 valence electrons. The van der Waals surface area contributed by atoms with Crippen LogP contribution in [0.2, 0.25) is 0 Å². The number of amides is 1. The Hall–Kier alpha value is -0.880. The quantitative estimate of drug-likeness (QED) is 0.849. The third-order valence-electron chi connectivity index (χ3n) is 1.75. The molecule has 1 aromatic heterocycles. The molecule has 1 rings (SSSR count). The highest BCUT2D eigenvalue weighted by atomic mass is 79.9. The molecule has 0 radical (unpaired) electrons. The summed E-state index contributed by atoms with van der Waals surface area (Å²) in [6.45, 7) is 2.41. The summed E-state index contributed by atoms with van der Waals surface area (Å²) >= 11 is 4.72. The van der Waals surface area contributed by atoms with E-state index in [-0.39, 0.29) is 18.3 Å². The van der Waals surface area contributed by atoms with E-state index in [4.69, 9.17) is 4.74 Å². The summed E-state index contributed by atoms with van der Waals surface area (Å²) in [5.74, 6) is -0.472. The minimum atomic E-state index is -0.297. The molecule has 1 amide bonds. The molecule has 0 saturated heterocycles. The zero-order valence-electron chi connectivity index (χ0n) is 8.79. The highest BCUT2D eigenvalue weighted by Crippen LogP contribution is 2.20. The number of carbonyl (C=O) groups is 2. The zero-order chi connectivity index (χ0) is 12.0. The number of esters is 1. The lowest BCUT2D eigenvalue weighted by molar-refractivity contribution is -0.142. The molecule has 1 heterocycles. The van der Waals surface area contributed by atoms with Gasteiger partial charge in [0, 0.05) is 11.9 Å². The highest BCUT2D eigenvalue weighted by Gasteiger charge is 2.08. The van der Waals surface area contributed by atoms with Crippen molar-refractivity contribution in [3.05, 3.63) is 20.8 Å². The first-order valence-electron chi connectivity index (χ1n) is 4.81. The Bertz CT molecular complexity index is 378. The van der Waals surface area contributed by atoms with Gasteiger partial charge in [0.2, 0.25) is 0 Å². The minimum absolute atomic E-state index is 0.175. The Morgan fingerprint density at radius 3 is 2.88 bits per heavy atom. The van der Waals surface area contributed by atoms with Crippen molar-refractivity contribution >= 4 is 39.1 Å². The van der Waals surface area contributed by atoms with Crippen LogP contribution in [0.3, 0.4) is 0 Å². The second kappa shape index (κ2) is 6.65. The molecular formula is C10H12BrNO3S. The van der Waals surface area contributed by atoms with Gasteiger partial charge in [0.15, 0.2) is 0 Å². The molecule has 16 heavy (non-hydrogen) atoms. The van der Waals surface area contributed by atoms with Gasteiger partial charge in [-0.2, -0.15) is 0 Å². The van der Waals surface area contributed by atoms with E-state index < -0.39 is 0 Å². The Balaban J connectivity index is 2.28. The van der Waals surface area contributed by atoms with Gasteiger partial charge in [0.25, 0.3) is 5.91 Å². The fourth-order valence-corrected chi connectivity index (χ4v) is 2.18. The van der Waals surface area contributed by atoms with Crippen molar-refractivity contribution in [1.29, 1.82) is 0 Å². The molecule has 0 fully saturated rings. The van der Waals surface area contributed by atoms with E-state index in [1.54, 1.807) is 18.4 Å². The topological polar surface area (TPSA) is 55.4 Å². The number of ether oxygens (including phenoxy) is 1. The van der Waals surface area contributed by atoms with Crippen molar-refractivity contribution in [2.24, 2.45) is 0 Å². The van der Waals surface area contributed by atoms with Crippen LogP contribution in [0.15, 0.2) is 15.2 Å². The van der Waals surface area contributed by atoms with Gasteiger partial charge < -0.3 is 10.1 Å². The zero-order valence-corrected chi connectivity index (χ0v) is 11.2. The molecule has 0 aliphatic carbocycles. The predicted molar refractivity (Wildman–Crippen MR) is 65.6 cm³/mol. The summed E-state index contributed by atoms with van der Waals surface area (Å²) in [5.41, 5.74) is 0.598. The number of thiophene rings is 1. The van der Waals surface area contributed by atoms with E-state index in [1.165, 1.54) is 11.3 Å². The molecule has 0 unspecified atom stereocenters. The van der Waals surface area contributed by atoms with Crippen LogP contribution in [0.4, 0.5) is 0 Å². The molecular weight excluding hydrogens is 294 g/mol. The third-order valence-corrected chi connectivity index (χ3v) is 3.25. The molecule has 0 atom stereocenters. The van der Waals surface area contributed by atoms with Gasteiger partial charge in [-0.1, -0.05) is 0 Å². The van der Waals surface area contributed by atoms with Gasteiger partial charge in [-0.15, -0.1) is 11.3 Å². The summed E-state index contributed by atoms with van der Waals surface area (Å²) in [4.78, 5) is 22.5. The van der Waals surface area contributed by atoms with E-state index in [1.807, 2.05) is 0 Å². The van der Waals surface area contributed by atoms with Crippen molar-refractivity contribution in [2.75, 3.05) is 13.2 Å². The summed E-state index contributed by atoms with van der Waals surface area (Å²) in [6.07, 6.45) is 0.199. The van der Waals surface area contributed by atoms with Gasteiger partial charge in [0.05, 0.1) is 22.4 Å². The average Bonchev–Trinajstić information content (AvgIpc) is 2.65. The second-order valence-electron chi connectivity index (χ2n) is 2.95. The minimum Gasteiger partial charge on any atom is -0.466 e. The molecule has 0 spiro atoms. The fourth-order valence-electron chi connectivity index (χ4n) is 1.04. The van der Waals surface area contributed by atoms with Crippen LogP contribution in [0.25, 0.3) is 0 Å². The first-order valence-corrected chi connectivity index (χ1v) is 6.48. The smallest absolute Gasteiger partial charge is 0.307 e. The first kappa shape index (κ1) is 13.2. The van der Waals surface area contributed by atoms with Gasteiger partial charge in [-0.05, 0) is 28.9 Å². The van der Waals surface area contributed by atoms with Crippen LogP contribution in [0.1, 0.15) is 23.7 Å². The second-order valence-corrected chi connectivity index (χ2v) is 5.24. The summed E-state index contributed by atoms with van der Waals surface area (Å²) in [5, 5.41) is 4.40. The van der Waals surface area contributed by atoms with Crippen LogP contribution in [-0.2, 0) is 9.53 Å².